The van der Waals surface area contributed by atoms with E-state index < -0.39 is 0 Å². The molecule has 0 aliphatic rings. The van der Waals surface area contributed by atoms with E-state index in [4.69, 9.17) is 9.26 Å². The minimum atomic E-state index is 0.0557. The lowest BCUT2D eigenvalue weighted by Gasteiger charge is -2.02. The first kappa shape index (κ1) is 10.6. The summed E-state index contributed by atoms with van der Waals surface area (Å²) >= 11 is 0. The first-order chi connectivity index (χ1) is 7.70. The fourth-order valence-corrected chi connectivity index (χ4v) is 1.26. The van der Waals surface area contributed by atoms with E-state index >= 15 is 0 Å². The van der Waals surface area contributed by atoms with Gasteiger partial charge < -0.3 is 9.26 Å². The normalized spacial score (nSPS) is 11.0. The van der Waals surface area contributed by atoms with Crippen LogP contribution in [0, 0.1) is 0 Å². The van der Waals surface area contributed by atoms with Crippen LogP contribution in [0.3, 0.4) is 0 Å². The molecule has 0 amide bonds. The van der Waals surface area contributed by atoms with Gasteiger partial charge in [0.25, 0.3) is 5.88 Å². The van der Waals surface area contributed by atoms with E-state index in [0.29, 0.717) is 24.0 Å². The Balaban J connectivity index is 2.24. The molecular weight excluding hydrogens is 210 g/mol. The molecule has 0 N–H and O–H groups in total. The molecule has 2 rings (SSSR count). The lowest BCUT2D eigenvalue weighted by Crippen LogP contribution is -2.05. The third-order valence-corrected chi connectivity index (χ3v) is 1.90. The standard InChI is InChI=1S/C9H13N5O2/c1-4-14-9(10-12-13-14)7-5-8(11-16-7)15-6(2)3/h5-6H,4H2,1-3H3. The van der Waals surface area contributed by atoms with Gasteiger partial charge >= 0.3 is 0 Å². The highest BCUT2D eigenvalue weighted by Crippen LogP contribution is 2.21. The molecule has 7 heteroatoms. The molecule has 2 aromatic heterocycles. The molecule has 0 atom stereocenters. The fraction of sp³-hybridized carbons (Fsp3) is 0.556. The Kier molecular flexibility index (Phi) is 2.84. The van der Waals surface area contributed by atoms with Crippen LogP contribution in [0.25, 0.3) is 11.6 Å². The SMILES string of the molecule is CCn1nnnc1-c1cc(OC(C)C)no1. The second kappa shape index (κ2) is 4.30. The average Bonchev–Trinajstić information content (AvgIpc) is 2.83. The predicted octanol–water partition coefficient (Wildman–Crippen LogP) is 1.14. The van der Waals surface area contributed by atoms with Gasteiger partial charge in [0.2, 0.25) is 11.6 Å². The van der Waals surface area contributed by atoms with E-state index in [1.54, 1.807) is 10.7 Å². The average molecular weight is 223 g/mol. The number of tetrazole rings is 1. The summed E-state index contributed by atoms with van der Waals surface area (Å²) in [6.07, 6.45) is 0.0557. The molecule has 0 spiro atoms. The highest BCUT2D eigenvalue weighted by molar-refractivity contribution is 5.47. The summed E-state index contributed by atoms with van der Waals surface area (Å²) in [5.41, 5.74) is 0. The van der Waals surface area contributed by atoms with Crippen LogP contribution in [0.5, 0.6) is 5.88 Å². The van der Waals surface area contributed by atoms with Crippen molar-refractivity contribution in [2.45, 2.75) is 33.4 Å². The molecule has 2 heterocycles. The quantitative estimate of drug-likeness (QED) is 0.773. The Labute approximate surface area is 92.4 Å². The predicted molar refractivity (Wildman–Crippen MR) is 54.8 cm³/mol. The van der Waals surface area contributed by atoms with E-state index in [9.17, 15) is 0 Å². The van der Waals surface area contributed by atoms with Crippen LogP contribution in [0.4, 0.5) is 0 Å². The molecular formula is C9H13N5O2. The second-order valence-electron chi connectivity index (χ2n) is 3.51. The maximum absolute atomic E-state index is 5.38. The van der Waals surface area contributed by atoms with Crippen LogP contribution in [-0.2, 0) is 6.54 Å². The van der Waals surface area contributed by atoms with E-state index in [2.05, 4.69) is 20.7 Å². The number of hydrogen-bond acceptors (Lipinski definition) is 6. The lowest BCUT2D eigenvalue weighted by molar-refractivity contribution is 0.218. The van der Waals surface area contributed by atoms with Crippen molar-refractivity contribution in [3.8, 4) is 17.5 Å². The lowest BCUT2D eigenvalue weighted by atomic mass is 10.4. The molecule has 16 heavy (non-hydrogen) atoms. The number of nitrogens with zero attached hydrogens (tertiary/aromatic N) is 5. The molecule has 0 radical (unpaired) electrons. The highest BCUT2D eigenvalue weighted by atomic mass is 16.5. The summed E-state index contributed by atoms with van der Waals surface area (Å²) in [5, 5.41) is 15.0. The Morgan fingerprint density at radius 2 is 2.31 bits per heavy atom. The summed E-state index contributed by atoms with van der Waals surface area (Å²) in [6, 6.07) is 1.68. The fourth-order valence-electron chi connectivity index (χ4n) is 1.26. The van der Waals surface area contributed by atoms with Gasteiger partial charge in [-0.15, -0.1) is 5.10 Å². The van der Waals surface area contributed by atoms with Crippen molar-refractivity contribution in [1.82, 2.24) is 25.4 Å². The van der Waals surface area contributed by atoms with Crippen LogP contribution in [0.2, 0.25) is 0 Å². The molecule has 0 bridgehead atoms. The molecule has 0 aliphatic carbocycles. The Morgan fingerprint density at radius 3 is 3.00 bits per heavy atom. The van der Waals surface area contributed by atoms with E-state index in [0.717, 1.165) is 0 Å². The summed E-state index contributed by atoms with van der Waals surface area (Å²) in [6.45, 7) is 6.46. The van der Waals surface area contributed by atoms with Gasteiger partial charge in [0.15, 0.2) is 0 Å². The maximum atomic E-state index is 5.38. The van der Waals surface area contributed by atoms with E-state index in [-0.39, 0.29) is 6.10 Å². The van der Waals surface area contributed by atoms with Crippen LogP contribution in [0.1, 0.15) is 20.8 Å². The van der Waals surface area contributed by atoms with E-state index in [1.807, 2.05) is 20.8 Å². The van der Waals surface area contributed by atoms with Gasteiger partial charge in [-0.05, 0) is 36.4 Å². The molecule has 2 aromatic rings. The number of rotatable bonds is 4. The third kappa shape index (κ3) is 2.02. The van der Waals surface area contributed by atoms with Crippen molar-refractivity contribution in [3.05, 3.63) is 6.07 Å². The van der Waals surface area contributed by atoms with Crippen molar-refractivity contribution in [1.29, 1.82) is 0 Å². The smallest absolute Gasteiger partial charge is 0.255 e. The van der Waals surface area contributed by atoms with Crippen LogP contribution in [-0.4, -0.2) is 31.5 Å². The summed E-state index contributed by atoms with van der Waals surface area (Å²) < 4.78 is 12.1. The summed E-state index contributed by atoms with van der Waals surface area (Å²) in [7, 11) is 0. The largest absolute Gasteiger partial charge is 0.473 e. The number of ether oxygens (including phenoxy) is 1. The van der Waals surface area contributed by atoms with Gasteiger partial charge in [-0.25, -0.2) is 4.68 Å². The maximum Gasteiger partial charge on any atom is 0.255 e. The van der Waals surface area contributed by atoms with Crippen LogP contribution >= 0.6 is 0 Å². The third-order valence-electron chi connectivity index (χ3n) is 1.90. The van der Waals surface area contributed by atoms with Crippen LogP contribution < -0.4 is 4.74 Å². The van der Waals surface area contributed by atoms with E-state index in [1.165, 1.54) is 0 Å². The van der Waals surface area contributed by atoms with Crippen LogP contribution in [0.15, 0.2) is 10.6 Å². The van der Waals surface area contributed by atoms with Crippen molar-refractivity contribution >= 4 is 0 Å². The van der Waals surface area contributed by atoms with Crippen molar-refractivity contribution in [2.24, 2.45) is 0 Å². The zero-order chi connectivity index (χ0) is 11.5. The minimum Gasteiger partial charge on any atom is -0.473 e. The number of hydrogen-bond donors (Lipinski definition) is 0. The molecule has 0 aliphatic heterocycles. The Morgan fingerprint density at radius 1 is 1.50 bits per heavy atom. The topological polar surface area (TPSA) is 78.9 Å². The molecule has 7 nitrogen and oxygen atoms in total. The van der Waals surface area contributed by atoms with Gasteiger partial charge in [0.05, 0.1) is 12.2 Å². The van der Waals surface area contributed by atoms with Crippen molar-refractivity contribution in [3.63, 3.8) is 0 Å². The monoisotopic (exact) mass is 223 g/mol. The number of aryl methyl sites for hydroxylation is 1. The molecule has 0 aromatic carbocycles. The van der Waals surface area contributed by atoms with Gasteiger partial charge in [-0.1, -0.05) is 0 Å². The van der Waals surface area contributed by atoms with Crippen molar-refractivity contribution < 1.29 is 9.26 Å². The Bertz CT molecular complexity index is 462. The van der Waals surface area contributed by atoms with Gasteiger partial charge in [-0.3, -0.25) is 0 Å². The Hall–Kier alpha value is -1.92. The molecule has 0 unspecified atom stereocenters. The zero-order valence-electron chi connectivity index (χ0n) is 9.41. The van der Waals surface area contributed by atoms with Crippen molar-refractivity contribution in [2.75, 3.05) is 0 Å². The molecule has 86 valence electrons. The van der Waals surface area contributed by atoms with Gasteiger partial charge in [0, 0.05) is 6.54 Å². The summed E-state index contributed by atoms with van der Waals surface area (Å²) in [4.78, 5) is 0. The molecule has 0 saturated carbocycles. The summed E-state index contributed by atoms with van der Waals surface area (Å²) in [5.74, 6) is 1.49. The first-order valence-electron chi connectivity index (χ1n) is 5.10. The number of aromatic nitrogens is 5. The zero-order valence-corrected chi connectivity index (χ0v) is 9.41. The van der Waals surface area contributed by atoms with Gasteiger partial charge in [-0.2, -0.15) is 0 Å². The van der Waals surface area contributed by atoms with Gasteiger partial charge in [0.1, 0.15) is 0 Å². The second-order valence-corrected chi connectivity index (χ2v) is 3.51. The molecule has 0 saturated heterocycles. The highest BCUT2D eigenvalue weighted by Gasteiger charge is 2.14. The first-order valence-corrected chi connectivity index (χ1v) is 5.10. The molecule has 0 fully saturated rings. The minimum absolute atomic E-state index is 0.0557.